The molecule has 0 amide bonds. The van der Waals surface area contributed by atoms with Gasteiger partial charge in [-0.2, -0.15) is 0 Å². The lowest BCUT2D eigenvalue weighted by molar-refractivity contribution is 0.443. The summed E-state index contributed by atoms with van der Waals surface area (Å²) in [4.78, 5) is 5.15. The van der Waals surface area contributed by atoms with Crippen LogP contribution in [0.4, 0.5) is 34.1 Å². The van der Waals surface area contributed by atoms with Crippen molar-refractivity contribution in [2.75, 3.05) is 9.80 Å². The predicted octanol–water partition coefficient (Wildman–Crippen LogP) is 20.6. The van der Waals surface area contributed by atoms with Gasteiger partial charge < -0.3 is 9.80 Å². The van der Waals surface area contributed by atoms with E-state index in [1.807, 2.05) is 0 Å². The zero-order chi connectivity index (χ0) is 46.1. The molecule has 0 aliphatic heterocycles. The molecule has 0 aromatic heterocycles. The minimum absolute atomic E-state index is 0.671. The first-order valence-corrected chi connectivity index (χ1v) is 27.5. The smallest absolute Gasteiger partial charge is 0.0546 e. The van der Waals surface area contributed by atoms with E-state index in [1.165, 1.54) is 223 Å². The van der Waals surface area contributed by atoms with Crippen LogP contribution in [-0.2, 0) is 0 Å². The molecule has 2 nitrogen and oxygen atoms in total. The molecule has 8 aromatic carbocycles. The van der Waals surface area contributed by atoms with E-state index >= 15 is 0 Å². The minimum atomic E-state index is 0.671. The van der Waals surface area contributed by atoms with Crippen LogP contribution in [0.3, 0.4) is 0 Å². The highest BCUT2D eigenvalue weighted by molar-refractivity contribution is 6.24. The van der Waals surface area contributed by atoms with Crippen molar-refractivity contribution in [3.8, 4) is 0 Å². The fourth-order valence-corrected chi connectivity index (χ4v) is 13.6. The summed E-state index contributed by atoms with van der Waals surface area (Å²) in [7, 11) is 0. The van der Waals surface area contributed by atoms with Crippen LogP contribution in [0.2, 0.25) is 0 Å². The Labute approximate surface area is 412 Å². The molecule has 0 atom stereocenters. The Bertz CT molecular complexity index is 2890. The maximum absolute atomic E-state index is 2.58. The van der Waals surface area contributed by atoms with Crippen LogP contribution in [-0.4, -0.2) is 0 Å². The third-order valence-electron chi connectivity index (χ3n) is 17.5. The third kappa shape index (κ3) is 8.99. The molecule has 0 unspecified atom stereocenters. The summed E-state index contributed by atoms with van der Waals surface area (Å²) in [5.41, 5.74) is 14.6. The maximum Gasteiger partial charge on any atom is 0.0546 e. The van der Waals surface area contributed by atoms with Gasteiger partial charge in [0.05, 0.1) is 11.4 Å². The first-order chi connectivity index (χ1) is 34.1. The number of fused-ring (bicyclic) bond motifs is 5. The number of rotatable bonds is 10. The van der Waals surface area contributed by atoms with Crippen molar-refractivity contribution < 1.29 is 0 Å². The second-order valence-corrected chi connectivity index (χ2v) is 21.9. The van der Waals surface area contributed by atoms with Gasteiger partial charge in [-0.25, -0.2) is 0 Å². The second-order valence-electron chi connectivity index (χ2n) is 21.9. The highest BCUT2D eigenvalue weighted by Crippen LogP contribution is 2.49. The van der Waals surface area contributed by atoms with Gasteiger partial charge in [-0.3, -0.25) is 0 Å². The van der Waals surface area contributed by atoms with Crippen molar-refractivity contribution in [2.45, 2.75) is 159 Å². The molecule has 0 bridgehead atoms. The molecule has 0 spiro atoms. The first-order valence-electron chi connectivity index (χ1n) is 27.5. The molecule has 0 N–H and O–H groups in total. The topological polar surface area (TPSA) is 6.48 Å². The van der Waals surface area contributed by atoms with Crippen LogP contribution in [0, 0.1) is 6.92 Å². The Kier molecular flexibility index (Phi) is 12.8. The van der Waals surface area contributed by atoms with E-state index in [-0.39, 0.29) is 0 Å². The molecule has 2 heteroatoms. The molecule has 0 heterocycles. The molecule has 12 rings (SSSR count). The van der Waals surface area contributed by atoms with Crippen molar-refractivity contribution in [1.29, 1.82) is 0 Å². The maximum atomic E-state index is 2.58. The highest BCUT2D eigenvalue weighted by atomic mass is 15.2. The van der Waals surface area contributed by atoms with Gasteiger partial charge in [0.1, 0.15) is 0 Å². The van der Waals surface area contributed by atoms with Crippen LogP contribution in [0.5, 0.6) is 0 Å². The molecule has 4 saturated carbocycles. The number of hydrogen-bond acceptors (Lipinski definition) is 2. The fourth-order valence-electron chi connectivity index (χ4n) is 13.6. The van der Waals surface area contributed by atoms with Crippen LogP contribution < -0.4 is 9.80 Å². The van der Waals surface area contributed by atoms with E-state index in [4.69, 9.17) is 0 Å². The Morgan fingerprint density at radius 3 is 0.928 bits per heavy atom. The van der Waals surface area contributed by atoms with Crippen LogP contribution >= 0.6 is 0 Å². The van der Waals surface area contributed by atoms with Crippen molar-refractivity contribution in [3.63, 3.8) is 0 Å². The summed E-state index contributed by atoms with van der Waals surface area (Å²) in [6.45, 7) is 2.26. The molecule has 4 aliphatic carbocycles. The molecular formula is C67H72N2. The fraction of sp³-hybridized carbons (Fsp3) is 0.373. The van der Waals surface area contributed by atoms with Gasteiger partial charge in [0.25, 0.3) is 0 Å². The third-order valence-corrected chi connectivity index (χ3v) is 17.5. The molecular weight excluding hydrogens is 833 g/mol. The van der Waals surface area contributed by atoms with Crippen molar-refractivity contribution in [1.82, 2.24) is 0 Å². The van der Waals surface area contributed by atoms with E-state index < -0.39 is 0 Å². The van der Waals surface area contributed by atoms with E-state index in [1.54, 1.807) is 0 Å². The lowest BCUT2D eigenvalue weighted by Gasteiger charge is -2.31. The normalized spacial score (nSPS) is 18.0. The van der Waals surface area contributed by atoms with Gasteiger partial charge >= 0.3 is 0 Å². The van der Waals surface area contributed by atoms with Crippen LogP contribution in [0.15, 0.2) is 152 Å². The molecule has 4 fully saturated rings. The second kappa shape index (κ2) is 19.9. The number of anilines is 6. The number of benzene rings is 8. The molecule has 350 valence electrons. The van der Waals surface area contributed by atoms with Gasteiger partial charge in [0.15, 0.2) is 0 Å². The Morgan fingerprint density at radius 2 is 0.580 bits per heavy atom. The average molecular weight is 905 g/mol. The largest absolute Gasteiger partial charge is 0.310 e. The van der Waals surface area contributed by atoms with E-state index in [0.29, 0.717) is 23.7 Å². The Morgan fingerprint density at radius 1 is 0.275 bits per heavy atom. The molecule has 0 saturated heterocycles. The monoisotopic (exact) mass is 905 g/mol. The lowest BCUT2D eigenvalue weighted by Crippen LogP contribution is -2.13. The first kappa shape index (κ1) is 44.4. The van der Waals surface area contributed by atoms with E-state index in [2.05, 4.69) is 168 Å². The van der Waals surface area contributed by atoms with Crippen LogP contribution in [0.1, 0.15) is 180 Å². The van der Waals surface area contributed by atoms with Gasteiger partial charge in [-0.15, -0.1) is 0 Å². The average Bonchev–Trinajstić information content (AvgIpc) is 3.43. The van der Waals surface area contributed by atoms with Crippen molar-refractivity contribution >= 4 is 66.4 Å². The Hall–Kier alpha value is -5.86. The standard InChI is InChI=1S/C67H72N2/c1-47-26-43-61-64-45-66(68(56-35-27-52(28-36-56)48-16-6-2-7-17-48)57-37-29-53(30-38-57)49-18-8-3-9-19-49)62-25-15-14-24-60(62)63(64)46-67(65(61)44-47)69(58-39-31-54(32-40-58)50-20-10-4-11-21-50)59-41-33-55(34-42-59)51-22-12-5-13-23-51/h14-15,24-46,48-51H,2-13,16-23H2,1H3. The van der Waals surface area contributed by atoms with Gasteiger partial charge in [0, 0.05) is 33.5 Å². The zero-order valence-corrected chi connectivity index (χ0v) is 41.3. The van der Waals surface area contributed by atoms with E-state index in [0.717, 1.165) is 0 Å². The van der Waals surface area contributed by atoms with Gasteiger partial charge in [0.2, 0.25) is 0 Å². The summed E-state index contributed by atoms with van der Waals surface area (Å²) in [5, 5.41) is 7.74. The zero-order valence-electron chi connectivity index (χ0n) is 41.3. The van der Waals surface area contributed by atoms with Gasteiger partial charge in [-0.05, 0) is 192 Å². The summed E-state index contributed by atoms with van der Waals surface area (Å²) < 4.78 is 0. The van der Waals surface area contributed by atoms with Gasteiger partial charge in [-0.1, -0.05) is 168 Å². The highest BCUT2D eigenvalue weighted by Gasteiger charge is 2.25. The van der Waals surface area contributed by atoms with Crippen molar-refractivity contribution in [3.05, 3.63) is 179 Å². The number of hydrogen-bond donors (Lipinski definition) is 0. The molecule has 4 aliphatic rings. The number of nitrogens with zero attached hydrogens (tertiary/aromatic N) is 2. The lowest BCUT2D eigenvalue weighted by atomic mass is 9.84. The van der Waals surface area contributed by atoms with Crippen molar-refractivity contribution in [2.24, 2.45) is 0 Å². The van der Waals surface area contributed by atoms with Crippen LogP contribution in [0.25, 0.3) is 32.3 Å². The summed E-state index contributed by atoms with van der Waals surface area (Å²) in [5.74, 6) is 2.69. The minimum Gasteiger partial charge on any atom is -0.310 e. The SMILES string of the molecule is Cc1ccc2c(c1)c(N(c1ccc(C3CCCCC3)cc1)c1ccc(C3CCCCC3)cc1)cc1c3ccccc3c(N(c3ccc(C4CCCCC4)cc3)c3ccc(C4CCCCC4)cc3)cc21. The molecule has 0 radical (unpaired) electrons. The molecule has 8 aromatic rings. The summed E-state index contributed by atoms with van der Waals surface area (Å²) in [6, 6.07) is 60.4. The predicted molar refractivity (Wildman–Crippen MR) is 296 cm³/mol. The number of aryl methyl sites for hydroxylation is 1. The molecule has 69 heavy (non-hydrogen) atoms. The quantitative estimate of drug-likeness (QED) is 0.126. The Balaban J connectivity index is 1.04. The summed E-state index contributed by atoms with van der Waals surface area (Å²) >= 11 is 0. The summed E-state index contributed by atoms with van der Waals surface area (Å²) in [6.07, 6.45) is 26.8. The van der Waals surface area contributed by atoms with E-state index in [9.17, 15) is 0 Å².